The number of halogens is 1. The summed E-state index contributed by atoms with van der Waals surface area (Å²) in [5, 5.41) is 18.4. The standard InChI is InChI=1S/C19H27N5O3.HI/c1-20-18(24-10-2-7-19(13-24)11-16(26)23-12-19)22-9-8-21-17(27)14-3-5-15(25)6-4-14;/h3-6,25H,2,7-13H2,1H3,(H,20,22)(H,21,27)(H,23,26);1H. The molecule has 1 aromatic rings. The molecule has 9 heteroatoms. The Hall–Kier alpha value is -2.04. The lowest BCUT2D eigenvalue weighted by atomic mass is 9.79. The van der Waals surface area contributed by atoms with Crippen molar-refractivity contribution in [3.8, 4) is 5.75 Å². The third kappa shape index (κ3) is 5.49. The molecule has 0 radical (unpaired) electrons. The molecule has 1 spiro atoms. The van der Waals surface area contributed by atoms with Crippen LogP contribution in [0.25, 0.3) is 0 Å². The van der Waals surface area contributed by atoms with E-state index >= 15 is 0 Å². The minimum Gasteiger partial charge on any atom is -0.508 e. The SMILES string of the molecule is CN=C(NCCNC(=O)c1ccc(O)cc1)N1CCCC2(CNC(=O)C2)C1.I. The summed E-state index contributed by atoms with van der Waals surface area (Å²) in [5.74, 6) is 0.888. The molecule has 2 saturated heterocycles. The zero-order valence-corrected chi connectivity index (χ0v) is 18.4. The molecule has 3 rings (SSSR count). The van der Waals surface area contributed by atoms with E-state index in [4.69, 9.17) is 0 Å². The first-order chi connectivity index (χ1) is 13.0. The van der Waals surface area contributed by atoms with Crippen molar-refractivity contribution in [1.29, 1.82) is 0 Å². The van der Waals surface area contributed by atoms with E-state index in [0.717, 1.165) is 38.4 Å². The first-order valence-electron chi connectivity index (χ1n) is 9.31. The van der Waals surface area contributed by atoms with Gasteiger partial charge in [0.05, 0.1) is 0 Å². The number of aliphatic imine (C=N–C) groups is 1. The zero-order chi connectivity index (χ0) is 19.3. The van der Waals surface area contributed by atoms with Crippen molar-refractivity contribution in [2.75, 3.05) is 39.8 Å². The summed E-state index contributed by atoms with van der Waals surface area (Å²) < 4.78 is 0. The second kappa shape index (κ2) is 9.94. The molecule has 0 aliphatic carbocycles. The number of phenolic OH excluding ortho intramolecular Hbond substituents is 1. The molecule has 2 heterocycles. The highest BCUT2D eigenvalue weighted by Crippen LogP contribution is 2.35. The van der Waals surface area contributed by atoms with Gasteiger partial charge in [-0.1, -0.05) is 0 Å². The van der Waals surface area contributed by atoms with Gasteiger partial charge < -0.3 is 26.0 Å². The number of benzene rings is 1. The lowest BCUT2D eigenvalue weighted by Gasteiger charge is -2.40. The first-order valence-corrected chi connectivity index (χ1v) is 9.31. The van der Waals surface area contributed by atoms with Gasteiger partial charge in [-0.2, -0.15) is 0 Å². The number of phenols is 1. The van der Waals surface area contributed by atoms with Crippen molar-refractivity contribution < 1.29 is 14.7 Å². The summed E-state index contributed by atoms with van der Waals surface area (Å²) in [4.78, 5) is 30.3. The molecular formula is C19H28IN5O3. The van der Waals surface area contributed by atoms with Gasteiger partial charge in [0, 0.05) is 57.2 Å². The van der Waals surface area contributed by atoms with Crippen LogP contribution >= 0.6 is 24.0 Å². The number of carbonyl (C=O) groups excluding carboxylic acids is 2. The predicted molar refractivity (Wildman–Crippen MR) is 118 cm³/mol. The van der Waals surface area contributed by atoms with Crippen molar-refractivity contribution in [3.63, 3.8) is 0 Å². The molecule has 8 nitrogen and oxygen atoms in total. The normalized spacial score (nSPS) is 21.8. The van der Waals surface area contributed by atoms with Crippen molar-refractivity contribution in [2.24, 2.45) is 10.4 Å². The van der Waals surface area contributed by atoms with Crippen molar-refractivity contribution in [2.45, 2.75) is 19.3 Å². The molecule has 2 fully saturated rings. The molecule has 4 N–H and O–H groups in total. The molecule has 28 heavy (non-hydrogen) atoms. The minimum atomic E-state index is -0.181. The van der Waals surface area contributed by atoms with E-state index in [1.54, 1.807) is 19.2 Å². The van der Waals surface area contributed by atoms with Gasteiger partial charge in [-0.05, 0) is 37.1 Å². The third-order valence-electron chi connectivity index (χ3n) is 5.19. The quantitative estimate of drug-likeness (QED) is 0.213. The van der Waals surface area contributed by atoms with Crippen molar-refractivity contribution >= 4 is 41.8 Å². The number of nitrogens with one attached hydrogen (secondary N) is 3. The van der Waals surface area contributed by atoms with E-state index in [9.17, 15) is 14.7 Å². The molecule has 154 valence electrons. The Morgan fingerprint density at radius 1 is 1.29 bits per heavy atom. The van der Waals surface area contributed by atoms with E-state index in [1.807, 2.05) is 0 Å². The first kappa shape index (κ1) is 22.3. The smallest absolute Gasteiger partial charge is 0.251 e. The number of aromatic hydroxyl groups is 1. The van der Waals surface area contributed by atoms with Crippen LogP contribution in [-0.4, -0.2) is 67.6 Å². The lowest BCUT2D eigenvalue weighted by molar-refractivity contribution is -0.119. The van der Waals surface area contributed by atoms with E-state index in [1.165, 1.54) is 12.1 Å². The molecular weight excluding hydrogens is 473 g/mol. The molecule has 0 saturated carbocycles. The number of carbonyl (C=O) groups is 2. The predicted octanol–water partition coefficient (Wildman–Crippen LogP) is 0.917. The molecule has 2 amide bonds. The molecule has 1 atom stereocenters. The Bertz CT molecular complexity index is 725. The second-order valence-corrected chi connectivity index (χ2v) is 7.26. The molecule has 2 aliphatic heterocycles. The van der Waals surface area contributed by atoms with Crippen LogP contribution in [0.5, 0.6) is 5.75 Å². The summed E-state index contributed by atoms with van der Waals surface area (Å²) in [7, 11) is 1.75. The Morgan fingerprint density at radius 2 is 2.00 bits per heavy atom. The summed E-state index contributed by atoms with van der Waals surface area (Å²) >= 11 is 0. The van der Waals surface area contributed by atoms with Crippen LogP contribution in [0, 0.1) is 5.41 Å². The molecule has 1 unspecified atom stereocenters. The fourth-order valence-electron chi connectivity index (χ4n) is 3.83. The van der Waals surface area contributed by atoms with E-state index in [-0.39, 0.29) is 47.0 Å². The molecule has 1 aromatic carbocycles. The monoisotopic (exact) mass is 501 g/mol. The van der Waals surface area contributed by atoms with E-state index in [2.05, 4.69) is 25.8 Å². The van der Waals surface area contributed by atoms with Gasteiger partial charge in [-0.15, -0.1) is 24.0 Å². The number of guanidine groups is 1. The highest BCUT2D eigenvalue weighted by molar-refractivity contribution is 14.0. The Morgan fingerprint density at radius 3 is 2.64 bits per heavy atom. The van der Waals surface area contributed by atoms with Crippen LogP contribution in [0.2, 0.25) is 0 Å². The number of nitrogens with zero attached hydrogens (tertiary/aromatic N) is 2. The summed E-state index contributed by atoms with van der Waals surface area (Å²) in [6, 6.07) is 6.15. The van der Waals surface area contributed by atoms with Crippen LogP contribution in [0.1, 0.15) is 29.6 Å². The fourth-order valence-corrected chi connectivity index (χ4v) is 3.83. The molecule has 0 bridgehead atoms. The number of piperidine rings is 1. The van der Waals surface area contributed by atoms with Crippen LogP contribution in [0.3, 0.4) is 0 Å². The Balaban J connectivity index is 0.00000280. The number of hydrogen-bond acceptors (Lipinski definition) is 4. The van der Waals surface area contributed by atoms with Crippen LogP contribution < -0.4 is 16.0 Å². The number of rotatable bonds is 4. The largest absolute Gasteiger partial charge is 0.508 e. The average Bonchev–Trinajstić information content (AvgIpc) is 3.01. The number of likely N-dealkylation sites (tertiary alicyclic amines) is 1. The molecule has 0 aromatic heterocycles. The van der Waals surface area contributed by atoms with E-state index in [0.29, 0.717) is 25.1 Å². The van der Waals surface area contributed by atoms with Crippen LogP contribution in [-0.2, 0) is 4.79 Å². The third-order valence-corrected chi connectivity index (χ3v) is 5.19. The second-order valence-electron chi connectivity index (χ2n) is 7.26. The summed E-state index contributed by atoms with van der Waals surface area (Å²) in [6.07, 6.45) is 2.68. The molecule has 2 aliphatic rings. The van der Waals surface area contributed by atoms with Crippen molar-refractivity contribution in [1.82, 2.24) is 20.9 Å². The zero-order valence-electron chi connectivity index (χ0n) is 16.0. The summed E-state index contributed by atoms with van der Waals surface area (Å²) in [5.41, 5.74) is 0.522. The van der Waals surface area contributed by atoms with Gasteiger partial charge in [0.2, 0.25) is 5.91 Å². The topological polar surface area (TPSA) is 106 Å². The van der Waals surface area contributed by atoms with Crippen LogP contribution in [0.4, 0.5) is 0 Å². The van der Waals surface area contributed by atoms with Gasteiger partial charge in [-0.3, -0.25) is 14.6 Å². The van der Waals surface area contributed by atoms with Gasteiger partial charge in [-0.25, -0.2) is 0 Å². The van der Waals surface area contributed by atoms with Gasteiger partial charge in [0.25, 0.3) is 5.91 Å². The summed E-state index contributed by atoms with van der Waals surface area (Å²) in [6.45, 7) is 3.47. The Kier molecular flexibility index (Phi) is 7.90. The Labute approximate surface area is 182 Å². The highest BCUT2D eigenvalue weighted by Gasteiger charge is 2.42. The minimum absolute atomic E-state index is 0. The number of amides is 2. The van der Waals surface area contributed by atoms with Crippen LogP contribution in [0.15, 0.2) is 29.3 Å². The maximum Gasteiger partial charge on any atom is 0.251 e. The number of hydrogen-bond donors (Lipinski definition) is 4. The van der Waals surface area contributed by atoms with E-state index < -0.39 is 0 Å². The maximum absolute atomic E-state index is 12.1. The van der Waals surface area contributed by atoms with Gasteiger partial charge in [0.1, 0.15) is 5.75 Å². The van der Waals surface area contributed by atoms with Gasteiger partial charge >= 0.3 is 0 Å². The fraction of sp³-hybridized carbons (Fsp3) is 0.526. The highest BCUT2D eigenvalue weighted by atomic mass is 127. The lowest BCUT2D eigenvalue weighted by Crippen LogP contribution is -2.52. The average molecular weight is 501 g/mol. The maximum atomic E-state index is 12.1. The van der Waals surface area contributed by atoms with Gasteiger partial charge in [0.15, 0.2) is 5.96 Å². The van der Waals surface area contributed by atoms with Crippen molar-refractivity contribution in [3.05, 3.63) is 29.8 Å².